The van der Waals surface area contributed by atoms with Gasteiger partial charge in [-0.05, 0) is 28.1 Å². The predicted molar refractivity (Wildman–Crippen MR) is 73.0 cm³/mol. The third-order valence-electron chi connectivity index (χ3n) is 2.21. The van der Waals surface area contributed by atoms with Crippen LogP contribution in [0, 0.1) is 0 Å². The third kappa shape index (κ3) is 3.18. The Kier molecular flexibility index (Phi) is 4.11. The molecule has 0 saturated carbocycles. The molecule has 2 rings (SSSR count). The van der Waals surface area contributed by atoms with Crippen molar-refractivity contribution in [3.05, 3.63) is 50.9 Å². The number of nitrogens with zero attached hydrogens (tertiary/aromatic N) is 1. The molecule has 0 amide bonds. The highest BCUT2D eigenvalue weighted by Crippen LogP contribution is 2.23. The maximum absolute atomic E-state index is 11.5. The number of hydrogen-bond donors (Lipinski definition) is 2. The standard InChI is InChI=1S/C12H12BrN3O2/c1-18-7-8-6-11(17)16-12(14-8)15-10-5-3-2-4-9(10)13/h2-6H,7H2,1H3,(H2,14,15,16,17). The van der Waals surface area contributed by atoms with Crippen molar-refractivity contribution in [3.63, 3.8) is 0 Å². The van der Waals surface area contributed by atoms with Crippen LogP contribution in [0.1, 0.15) is 5.69 Å². The number of benzene rings is 1. The lowest BCUT2D eigenvalue weighted by Crippen LogP contribution is -2.12. The molecule has 0 fully saturated rings. The lowest BCUT2D eigenvalue weighted by Gasteiger charge is -2.08. The van der Waals surface area contributed by atoms with Gasteiger partial charge in [-0.1, -0.05) is 12.1 Å². The van der Waals surface area contributed by atoms with E-state index in [1.54, 1.807) is 7.11 Å². The van der Waals surface area contributed by atoms with Crippen molar-refractivity contribution in [1.29, 1.82) is 0 Å². The Hall–Kier alpha value is -1.66. The Balaban J connectivity index is 2.29. The number of nitrogens with one attached hydrogen (secondary N) is 2. The van der Waals surface area contributed by atoms with Gasteiger partial charge in [-0.2, -0.15) is 0 Å². The molecule has 0 aliphatic rings. The highest BCUT2D eigenvalue weighted by Gasteiger charge is 2.03. The largest absolute Gasteiger partial charge is 0.378 e. The molecule has 94 valence electrons. The number of halogens is 1. The Labute approximate surface area is 112 Å². The topological polar surface area (TPSA) is 67.0 Å². The van der Waals surface area contributed by atoms with Gasteiger partial charge in [0.05, 0.1) is 18.0 Å². The van der Waals surface area contributed by atoms with E-state index in [4.69, 9.17) is 4.74 Å². The van der Waals surface area contributed by atoms with E-state index < -0.39 is 0 Å². The number of para-hydroxylation sites is 1. The van der Waals surface area contributed by atoms with Gasteiger partial charge in [-0.3, -0.25) is 9.78 Å². The SMILES string of the molecule is COCc1cc(=O)[nH]c(Nc2ccccc2Br)n1. The summed E-state index contributed by atoms with van der Waals surface area (Å²) in [7, 11) is 1.56. The zero-order valence-electron chi connectivity index (χ0n) is 9.74. The van der Waals surface area contributed by atoms with Gasteiger partial charge in [0, 0.05) is 17.6 Å². The number of methoxy groups -OCH3 is 1. The Bertz CT molecular complexity index is 598. The molecule has 2 aromatic rings. The number of ether oxygens (including phenoxy) is 1. The van der Waals surface area contributed by atoms with Crippen molar-refractivity contribution in [3.8, 4) is 0 Å². The van der Waals surface area contributed by atoms with Gasteiger partial charge in [0.2, 0.25) is 5.95 Å². The van der Waals surface area contributed by atoms with Crippen LogP contribution in [0.15, 0.2) is 39.6 Å². The summed E-state index contributed by atoms with van der Waals surface area (Å²) in [5, 5.41) is 3.04. The minimum Gasteiger partial charge on any atom is -0.378 e. The van der Waals surface area contributed by atoms with Crippen LogP contribution in [-0.2, 0) is 11.3 Å². The van der Waals surface area contributed by atoms with Crippen molar-refractivity contribution in [1.82, 2.24) is 9.97 Å². The molecule has 0 saturated heterocycles. The summed E-state index contributed by atoms with van der Waals surface area (Å²) in [4.78, 5) is 18.3. The van der Waals surface area contributed by atoms with Crippen LogP contribution in [0.3, 0.4) is 0 Å². The molecule has 0 unspecified atom stereocenters. The number of anilines is 2. The van der Waals surface area contributed by atoms with Gasteiger partial charge in [-0.15, -0.1) is 0 Å². The number of hydrogen-bond acceptors (Lipinski definition) is 4. The second-order valence-electron chi connectivity index (χ2n) is 3.62. The molecule has 6 heteroatoms. The summed E-state index contributed by atoms with van der Waals surface area (Å²) in [6.07, 6.45) is 0. The summed E-state index contributed by atoms with van der Waals surface area (Å²) in [6, 6.07) is 9.00. The van der Waals surface area contributed by atoms with E-state index in [0.717, 1.165) is 10.2 Å². The molecule has 0 aliphatic carbocycles. The first-order valence-electron chi connectivity index (χ1n) is 5.30. The highest BCUT2D eigenvalue weighted by atomic mass is 79.9. The fraction of sp³-hybridized carbons (Fsp3) is 0.167. The summed E-state index contributed by atoms with van der Waals surface area (Å²) >= 11 is 3.41. The van der Waals surface area contributed by atoms with Crippen LogP contribution >= 0.6 is 15.9 Å². The summed E-state index contributed by atoms with van der Waals surface area (Å²) in [5.74, 6) is 0.390. The number of H-pyrrole nitrogens is 1. The Morgan fingerprint density at radius 1 is 1.44 bits per heavy atom. The molecule has 0 spiro atoms. The summed E-state index contributed by atoms with van der Waals surface area (Å²) < 4.78 is 5.85. The average Bonchev–Trinajstić information content (AvgIpc) is 2.32. The molecule has 0 atom stereocenters. The van der Waals surface area contributed by atoms with Crippen LogP contribution in [0.4, 0.5) is 11.6 Å². The quantitative estimate of drug-likeness (QED) is 0.910. The molecule has 0 bridgehead atoms. The van der Waals surface area contributed by atoms with Gasteiger partial charge in [0.15, 0.2) is 0 Å². The van der Waals surface area contributed by atoms with Gasteiger partial charge in [0.25, 0.3) is 5.56 Å². The molecule has 0 aliphatic heterocycles. The first kappa shape index (κ1) is 12.8. The van der Waals surface area contributed by atoms with Crippen molar-refractivity contribution >= 4 is 27.6 Å². The minimum absolute atomic E-state index is 0.216. The highest BCUT2D eigenvalue weighted by molar-refractivity contribution is 9.10. The van der Waals surface area contributed by atoms with Crippen LogP contribution in [0.25, 0.3) is 0 Å². The van der Waals surface area contributed by atoms with E-state index in [1.165, 1.54) is 6.07 Å². The fourth-order valence-corrected chi connectivity index (χ4v) is 1.86. The smallest absolute Gasteiger partial charge is 0.252 e. The van der Waals surface area contributed by atoms with Crippen LogP contribution in [0.2, 0.25) is 0 Å². The Morgan fingerprint density at radius 2 is 2.22 bits per heavy atom. The number of rotatable bonds is 4. The molecule has 0 radical (unpaired) electrons. The van der Waals surface area contributed by atoms with Crippen LogP contribution in [0.5, 0.6) is 0 Å². The van der Waals surface area contributed by atoms with Crippen LogP contribution in [-0.4, -0.2) is 17.1 Å². The van der Waals surface area contributed by atoms with E-state index >= 15 is 0 Å². The second-order valence-corrected chi connectivity index (χ2v) is 4.48. The van der Waals surface area contributed by atoms with Gasteiger partial charge < -0.3 is 10.1 Å². The normalized spacial score (nSPS) is 10.3. The van der Waals surface area contributed by atoms with Crippen LogP contribution < -0.4 is 10.9 Å². The first-order valence-corrected chi connectivity index (χ1v) is 6.09. The van der Waals surface area contributed by atoms with Gasteiger partial charge in [-0.25, -0.2) is 4.98 Å². The molecular weight excluding hydrogens is 298 g/mol. The maximum Gasteiger partial charge on any atom is 0.252 e. The Morgan fingerprint density at radius 3 is 2.94 bits per heavy atom. The number of aromatic amines is 1. The first-order chi connectivity index (χ1) is 8.69. The molecule has 1 heterocycles. The molecule has 1 aromatic carbocycles. The maximum atomic E-state index is 11.5. The average molecular weight is 310 g/mol. The summed E-state index contributed by atoms with van der Waals surface area (Å²) in [5.41, 5.74) is 1.19. The minimum atomic E-state index is -0.216. The molecule has 18 heavy (non-hydrogen) atoms. The van der Waals surface area contributed by atoms with E-state index in [1.807, 2.05) is 24.3 Å². The zero-order valence-corrected chi connectivity index (χ0v) is 11.3. The molecule has 2 N–H and O–H groups in total. The zero-order chi connectivity index (χ0) is 13.0. The van der Waals surface area contributed by atoms with Gasteiger partial charge in [0.1, 0.15) is 0 Å². The van der Waals surface area contributed by atoms with Gasteiger partial charge >= 0.3 is 0 Å². The van der Waals surface area contributed by atoms with Crippen molar-refractivity contribution in [2.24, 2.45) is 0 Å². The second kappa shape index (κ2) is 5.79. The molecule has 1 aromatic heterocycles. The number of aromatic nitrogens is 2. The lowest BCUT2D eigenvalue weighted by molar-refractivity contribution is 0.181. The fourth-order valence-electron chi connectivity index (χ4n) is 1.48. The molecule has 5 nitrogen and oxygen atoms in total. The van der Waals surface area contributed by atoms with Crippen molar-refractivity contribution < 1.29 is 4.74 Å². The van der Waals surface area contributed by atoms with E-state index in [9.17, 15) is 4.79 Å². The lowest BCUT2D eigenvalue weighted by atomic mass is 10.3. The van der Waals surface area contributed by atoms with Crippen molar-refractivity contribution in [2.45, 2.75) is 6.61 Å². The molecular formula is C12H12BrN3O2. The van der Waals surface area contributed by atoms with E-state index in [-0.39, 0.29) is 5.56 Å². The van der Waals surface area contributed by atoms with E-state index in [0.29, 0.717) is 18.2 Å². The summed E-state index contributed by atoms with van der Waals surface area (Å²) in [6.45, 7) is 0.300. The predicted octanol–water partition coefficient (Wildman–Crippen LogP) is 2.42. The van der Waals surface area contributed by atoms with E-state index in [2.05, 4.69) is 31.2 Å². The third-order valence-corrected chi connectivity index (χ3v) is 2.91. The van der Waals surface area contributed by atoms with Crippen molar-refractivity contribution in [2.75, 3.05) is 12.4 Å². The monoisotopic (exact) mass is 309 g/mol.